The second-order valence-electron chi connectivity index (χ2n) is 5.45. The summed E-state index contributed by atoms with van der Waals surface area (Å²) in [5.74, 6) is -2.31. The van der Waals surface area contributed by atoms with Crippen molar-refractivity contribution in [3.05, 3.63) is 30.3 Å². The normalized spacial score (nSPS) is 12.5. The molecule has 0 aromatic heterocycles. The molecular weight excluding hydrogens is 457 g/mol. The summed E-state index contributed by atoms with van der Waals surface area (Å²) in [7, 11) is 0. The van der Waals surface area contributed by atoms with Gasteiger partial charge in [0.15, 0.2) is 0 Å². The molecule has 3 N–H and O–H groups in total. The summed E-state index contributed by atoms with van der Waals surface area (Å²) in [6.07, 6.45) is 0.0979. The van der Waals surface area contributed by atoms with Crippen LogP contribution in [0, 0.1) is 0 Å². The van der Waals surface area contributed by atoms with Crippen molar-refractivity contribution in [2.45, 2.75) is 24.9 Å². The van der Waals surface area contributed by atoms with Crippen molar-refractivity contribution in [2.24, 2.45) is 0 Å². The molecule has 0 unspecified atom stereocenters. The molecule has 1 aromatic rings. The Hall–Kier alpha value is -1.68. The van der Waals surface area contributed by atoms with E-state index in [2.05, 4.69) is 39.3 Å². The van der Waals surface area contributed by atoms with Crippen molar-refractivity contribution in [1.82, 2.24) is 10.6 Å². The van der Waals surface area contributed by atoms with Crippen LogP contribution in [0.2, 0.25) is 0 Å². The Bertz CT molecular complexity index is 677. The fourth-order valence-corrected chi connectivity index (χ4v) is 3.30. The number of hydrogen-bond donors (Lipinski definition) is 4. The van der Waals surface area contributed by atoms with Gasteiger partial charge in [0.1, 0.15) is 0 Å². The summed E-state index contributed by atoms with van der Waals surface area (Å²) in [5.41, 5.74) is 0.655. The Kier molecular flexibility index (Phi) is 10.3. The molecule has 0 fully saturated rings. The zero-order chi connectivity index (χ0) is 20.4. The van der Waals surface area contributed by atoms with Crippen LogP contribution in [-0.2, 0) is 32.0 Å². The summed E-state index contributed by atoms with van der Waals surface area (Å²) in [6.45, 7) is -0.552. The number of hydrogen-bond acceptors (Lipinski definition) is 7. The molecule has 0 aliphatic heterocycles. The second kappa shape index (κ2) is 11.9. The molecule has 0 bridgehead atoms. The molecule has 8 nitrogen and oxygen atoms in total. The molecule has 0 saturated heterocycles. The molecule has 27 heavy (non-hydrogen) atoms. The Balaban J connectivity index is 2.62. The third kappa shape index (κ3) is 8.25. The van der Waals surface area contributed by atoms with Crippen LogP contribution in [0.5, 0.6) is 0 Å². The predicted molar refractivity (Wildman–Crippen MR) is 106 cm³/mol. The van der Waals surface area contributed by atoms with Gasteiger partial charge in [-0.15, -0.1) is 0 Å². The molecule has 0 aliphatic rings. The topological polar surface area (TPSA) is 116 Å². The fraction of sp³-hybridized carbons (Fsp3) is 0.375. The average Bonchev–Trinajstić information content (AvgIpc) is 2.64. The van der Waals surface area contributed by atoms with E-state index in [4.69, 9.17) is 17.9 Å². The standard InChI is InChI=1S/C16H19N3O5S2Se/c20-13(18-11(9-25)15(23)17-8-14(21)22)7-6-12(16(24)27)19(26)10-4-2-1-3-5-10/h1-5,11-12,25H,6-9H2,(H,17,23)(H,18,20)(H,21,22)/q-1/t11-,12-/m0/s1. The zero-order valence-corrected chi connectivity index (χ0v) is 17.6. The first-order chi connectivity index (χ1) is 12.8. The molecule has 1 rings (SSSR count). The molecule has 0 aliphatic carbocycles. The van der Waals surface area contributed by atoms with Crippen LogP contribution in [0.1, 0.15) is 12.8 Å². The molecule has 11 heteroatoms. The zero-order valence-electron chi connectivity index (χ0n) is 14.2. The van der Waals surface area contributed by atoms with Gasteiger partial charge in [0.25, 0.3) is 0 Å². The van der Waals surface area contributed by atoms with E-state index in [1.165, 1.54) is 4.31 Å². The maximum absolute atomic E-state index is 12.1. The van der Waals surface area contributed by atoms with E-state index in [0.717, 1.165) is 0 Å². The van der Waals surface area contributed by atoms with Gasteiger partial charge in [-0.1, -0.05) is 0 Å². The van der Waals surface area contributed by atoms with Crippen molar-refractivity contribution in [3.63, 3.8) is 0 Å². The van der Waals surface area contributed by atoms with Crippen LogP contribution in [0.3, 0.4) is 0 Å². The van der Waals surface area contributed by atoms with Gasteiger partial charge in [-0.25, -0.2) is 0 Å². The van der Waals surface area contributed by atoms with Crippen LogP contribution < -0.4 is 14.9 Å². The van der Waals surface area contributed by atoms with E-state index < -0.39 is 36.4 Å². The molecule has 2 amide bonds. The summed E-state index contributed by atoms with van der Waals surface area (Å²) < 4.78 is 1.06. The van der Waals surface area contributed by atoms with Gasteiger partial charge in [-0.05, 0) is 0 Å². The molecule has 2 atom stereocenters. The number of nitrogens with zero attached hydrogens (tertiary/aromatic N) is 1. The average molecular weight is 476 g/mol. The number of carboxylic acids is 1. The Morgan fingerprint density at radius 2 is 1.85 bits per heavy atom. The fourth-order valence-electron chi connectivity index (χ4n) is 2.10. The minimum atomic E-state index is -1.19. The molecule has 1 aromatic carbocycles. The minimum absolute atomic E-state index is 0.00170. The second-order valence-corrected chi connectivity index (χ2v) is 7.05. The number of aliphatic carboxylic acids is 1. The van der Waals surface area contributed by atoms with Crippen LogP contribution in [0.25, 0.3) is 0 Å². The first-order valence-electron chi connectivity index (χ1n) is 7.88. The Labute approximate surface area is 176 Å². The van der Waals surface area contributed by atoms with E-state index in [1.807, 2.05) is 6.07 Å². The monoisotopic (exact) mass is 477 g/mol. The number of carbonyl (C=O) groups is 4. The predicted octanol–water partition coefficient (Wildman–Crippen LogP) is -0.586. The van der Waals surface area contributed by atoms with Gasteiger partial charge in [-0.3, -0.25) is 0 Å². The van der Waals surface area contributed by atoms with E-state index in [1.54, 1.807) is 24.3 Å². The number of benzene rings is 1. The van der Waals surface area contributed by atoms with Gasteiger partial charge < -0.3 is 0 Å². The Morgan fingerprint density at radius 1 is 1.22 bits per heavy atom. The number of anilines is 1. The van der Waals surface area contributed by atoms with Gasteiger partial charge in [-0.2, -0.15) is 0 Å². The maximum atomic E-state index is 12.1. The van der Waals surface area contributed by atoms with Crippen molar-refractivity contribution in [1.29, 1.82) is 0 Å². The molecule has 0 heterocycles. The molecule has 1 radical (unpaired) electrons. The number of amides is 2. The van der Waals surface area contributed by atoms with Crippen LogP contribution in [-0.4, -0.2) is 68.0 Å². The quantitative estimate of drug-likeness (QED) is 0.192. The summed E-state index contributed by atoms with van der Waals surface area (Å²) in [5, 5.41) is 13.2. The van der Waals surface area contributed by atoms with E-state index in [0.29, 0.717) is 5.69 Å². The number of carboxylic acid groups (broad SMARTS) is 1. The van der Waals surface area contributed by atoms with Gasteiger partial charge in [0.2, 0.25) is 0 Å². The number of thiol groups is 1. The molecule has 147 valence electrons. The van der Waals surface area contributed by atoms with Crippen molar-refractivity contribution >= 4 is 69.6 Å². The van der Waals surface area contributed by atoms with Crippen LogP contribution in [0.4, 0.5) is 5.69 Å². The van der Waals surface area contributed by atoms with Crippen molar-refractivity contribution < 1.29 is 24.3 Å². The first-order valence-corrected chi connectivity index (χ1v) is 9.73. The summed E-state index contributed by atoms with van der Waals surface area (Å²) in [6, 6.07) is 7.21. The van der Waals surface area contributed by atoms with E-state index in [9.17, 15) is 19.2 Å². The summed E-state index contributed by atoms with van der Waals surface area (Å²) >= 11 is 11.7. The summed E-state index contributed by atoms with van der Waals surface area (Å²) in [4.78, 5) is 46.3. The van der Waals surface area contributed by atoms with E-state index in [-0.39, 0.29) is 23.3 Å². The van der Waals surface area contributed by atoms with Crippen molar-refractivity contribution in [2.75, 3.05) is 16.6 Å². The molecule has 0 spiro atoms. The number of rotatable bonds is 11. The van der Waals surface area contributed by atoms with Crippen LogP contribution in [0.15, 0.2) is 30.3 Å². The third-order valence-corrected chi connectivity index (χ3v) is 4.86. The number of carbonyl (C=O) groups excluding carboxylic acids is 3. The van der Waals surface area contributed by atoms with E-state index >= 15 is 0 Å². The Morgan fingerprint density at radius 3 is 2.37 bits per heavy atom. The molecular formula is C16H19N3O5S2Se-. The first kappa shape index (κ1) is 23.4. The third-order valence-electron chi connectivity index (χ3n) is 3.46. The van der Waals surface area contributed by atoms with Crippen molar-refractivity contribution in [3.8, 4) is 0 Å². The van der Waals surface area contributed by atoms with Gasteiger partial charge in [0, 0.05) is 0 Å². The number of nitrogens with one attached hydrogen (secondary N) is 2. The van der Waals surface area contributed by atoms with Crippen LogP contribution >= 0.6 is 12.6 Å². The van der Waals surface area contributed by atoms with Gasteiger partial charge in [0.05, 0.1) is 0 Å². The molecule has 0 saturated carbocycles. The number of para-hydroxylation sites is 1. The van der Waals surface area contributed by atoms with Gasteiger partial charge >= 0.3 is 176 Å². The SMILES string of the molecule is O=C(O)CNC(=O)[C@H](CS)NC(=O)CC[C@@H](C(=O)[Se])N([S-])c1ccccc1.